The third-order valence-electron chi connectivity index (χ3n) is 2.47. The molecule has 0 radical (unpaired) electrons. The lowest BCUT2D eigenvalue weighted by atomic mass is 10.2. The number of nitrogens with one attached hydrogen (secondary N) is 3. The van der Waals surface area contributed by atoms with Crippen molar-refractivity contribution in [2.45, 2.75) is 13.0 Å². The molecule has 1 aromatic rings. The maximum Gasteiger partial charge on any atom is 0.253 e. The molecular weight excluding hydrogens is 246 g/mol. The van der Waals surface area contributed by atoms with E-state index in [4.69, 9.17) is 4.74 Å². The predicted octanol–water partition coefficient (Wildman–Crippen LogP) is 0.818. The van der Waals surface area contributed by atoms with Crippen molar-refractivity contribution in [1.82, 2.24) is 5.32 Å². The number of carbonyl (C=O) groups is 2. The van der Waals surface area contributed by atoms with Gasteiger partial charge in [-0.05, 0) is 32.2 Å². The maximum atomic E-state index is 11.6. The van der Waals surface area contributed by atoms with Crippen molar-refractivity contribution < 1.29 is 14.3 Å². The number of likely N-dealkylation sites (N-methyl/N-ethyl adjacent to an activating group) is 1. The number of rotatable bonds is 6. The molecule has 104 valence electrons. The Morgan fingerprint density at radius 1 is 1.26 bits per heavy atom. The Balaban J connectivity index is 2.66. The number of ether oxygens (including phenoxy) is 1. The van der Waals surface area contributed by atoms with Gasteiger partial charge >= 0.3 is 0 Å². The van der Waals surface area contributed by atoms with Crippen LogP contribution in [0, 0.1) is 0 Å². The molecule has 0 spiro atoms. The molecule has 1 rings (SSSR count). The van der Waals surface area contributed by atoms with Crippen molar-refractivity contribution in [1.29, 1.82) is 0 Å². The molecule has 6 heteroatoms. The van der Waals surface area contributed by atoms with Crippen LogP contribution in [0.3, 0.4) is 0 Å². The summed E-state index contributed by atoms with van der Waals surface area (Å²) in [6.07, 6.45) is -0.525. The van der Waals surface area contributed by atoms with Crippen LogP contribution in [0.1, 0.15) is 6.92 Å². The Labute approximate surface area is 112 Å². The van der Waals surface area contributed by atoms with Crippen molar-refractivity contribution in [3.8, 4) is 0 Å². The summed E-state index contributed by atoms with van der Waals surface area (Å²) in [5.74, 6) is -0.377. The first-order valence-electron chi connectivity index (χ1n) is 5.95. The molecule has 0 aromatic heterocycles. The quantitative estimate of drug-likeness (QED) is 0.711. The van der Waals surface area contributed by atoms with Gasteiger partial charge in [0.15, 0.2) is 0 Å². The van der Waals surface area contributed by atoms with E-state index in [1.54, 1.807) is 38.2 Å². The third kappa shape index (κ3) is 5.07. The van der Waals surface area contributed by atoms with Crippen LogP contribution in [-0.4, -0.2) is 38.6 Å². The van der Waals surface area contributed by atoms with E-state index in [1.807, 2.05) is 0 Å². The van der Waals surface area contributed by atoms with Crippen LogP contribution in [0.15, 0.2) is 24.3 Å². The molecule has 0 fully saturated rings. The summed E-state index contributed by atoms with van der Waals surface area (Å²) in [6.45, 7) is 1.89. The average molecular weight is 265 g/mol. The van der Waals surface area contributed by atoms with E-state index >= 15 is 0 Å². The van der Waals surface area contributed by atoms with Gasteiger partial charge in [0.1, 0.15) is 6.10 Å². The topological polar surface area (TPSA) is 79.5 Å². The summed E-state index contributed by atoms with van der Waals surface area (Å²) in [7, 11) is 3.17. The first-order chi connectivity index (χ1) is 9.06. The second kappa shape index (κ2) is 7.50. The van der Waals surface area contributed by atoms with Gasteiger partial charge in [-0.1, -0.05) is 6.07 Å². The van der Waals surface area contributed by atoms with Gasteiger partial charge in [-0.25, -0.2) is 0 Å². The lowest BCUT2D eigenvalue weighted by molar-refractivity contribution is -0.124. The van der Waals surface area contributed by atoms with E-state index in [0.29, 0.717) is 11.4 Å². The van der Waals surface area contributed by atoms with Gasteiger partial charge < -0.3 is 20.7 Å². The average Bonchev–Trinajstić information content (AvgIpc) is 2.38. The highest BCUT2D eigenvalue weighted by atomic mass is 16.5. The third-order valence-corrected chi connectivity index (χ3v) is 2.47. The summed E-state index contributed by atoms with van der Waals surface area (Å²) in [4.78, 5) is 23.1. The van der Waals surface area contributed by atoms with E-state index in [1.165, 1.54) is 7.11 Å². The molecular formula is C13H19N3O3. The molecule has 0 saturated heterocycles. The number of amides is 2. The highest BCUT2D eigenvalue weighted by Crippen LogP contribution is 2.15. The van der Waals surface area contributed by atoms with E-state index in [0.717, 1.165) is 0 Å². The van der Waals surface area contributed by atoms with Crippen molar-refractivity contribution in [2.75, 3.05) is 31.3 Å². The zero-order chi connectivity index (χ0) is 14.3. The number of benzene rings is 1. The Kier molecular flexibility index (Phi) is 5.98. The smallest absolute Gasteiger partial charge is 0.253 e. The Hall–Kier alpha value is -1.92. The van der Waals surface area contributed by atoms with Crippen molar-refractivity contribution in [3.63, 3.8) is 0 Å². The van der Waals surface area contributed by atoms with Crippen molar-refractivity contribution in [2.24, 2.45) is 0 Å². The fourth-order valence-electron chi connectivity index (χ4n) is 1.39. The molecule has 1 unspecified atom stereocenters. The highest BCUT2D eigenvalue weighted by Gasteiger charge is 2.11. The van der Waals surface area contributed by atoms with Crippen LogP contribution in [0.4, 0.5) is 11.4 Å². The minimum Gasteiger partial charge on any atom is -0.372 e. The number of methoxy groups -OCH3 is 1. The molecule has 0 aliphatic heterocycles. The van der Waals surface area contributed by atoms with Crippen LogP contribution in [0.5, 0.6) is 0 Å². The zero-order valence-corrected chi connectivity index (χ0v) is 11.3. The number of anilines is 2. The number of hydrogen-bond donors (Lipinski definition) is 3. The van der Waals surface area contributed by atoms with Gasteiger partial charge in [-0.15, -0.1) is 0 Å². The molecule has 0 saturated carbocycles. The number of carbonyl (C=O) groups excluding carboxylic acids is 2. The molecule has 0 heterocycles. The largest absolute Gasteiger partial charge is 0.372 e. The normalized spacial score (nSPS) is 11.7. The second-order valence-electron chi connectivity index (χ2n) is 4.03. The molecule has 1 atom stereocenters. The van der Waals surface area contributed by atoms with Gasteiger partial charge in [-0.2, -0.15) is 0 Å². The summed E-state index contributed by atoms with van der Waals surface area (Å²) in [6, 6.07) is 6.94. The first-order valence-corrected chi connectivity index (χ1v) is 5.95. The summed E-state index contributed by atoms with van der Waals surface area (Å²) in [5, 5.41) is 8.18. The Bertz CT molecular complexity index is 449. The molecule has 0 aliphatic rings. The highest BCUT2D eigenvalue weighted by molar-refractivity contribution is 5.96. The van der Waals surface area contributed by atoms with Crippen molar-refractivity contribution >= 4 is 23.2 Å². The van der Waals surface area contributed by atoms with Gasteiger partial charge in [-0.3, -0.25) is 9.59 Å². The van der Waals surface area contributed by atoms with Crippen molar-refractivity contribution in [3.05, 3.63) is 24.3 Å². The predicted molar refractivity (Wildman–Crippen MR) is 74.1 cm³/mol. The van der Waals surface area contributed by atoms with E-state index in [-0.39, 0.29) is 18.4 Å². The molecule has 19 heavy (non-hydrogen) atoms. The zero-order valence-electron chi connectivity index (χ0n) is 11.3. The Morgan fingerprint density at radius 3 is 2.47 bits per heavy atom. The van der Waals surface area contributed by atoms with Crippen LogP contribution < -0.4 is 16.0 Å². The fourth-order valence-corrected chi connectivity index (χ4v) is 1.39. The molecule has 0 aliphatic carbocycles. The van der Waals surface area contributed by atoms with Crippen LogP contribution in [0.25, 0.3) is 0 Å². The number of hydrogen-bond acceptors (Lipinski definition) is 4. The minimum atomic E-state index is -0.525. The molecule has 6 nitrogen and oxygen atoms in total. The van der Waals surface area contributed by atoms with Gasteiger partial charge in [0.05, 0.1) is 6.54 Å². The first kappa shape index (κ1) is 15.1. The summed E-state index contributed by atoms with van der Waals surface area (Å²) >= 11 is 0. The molecule has 2 amide bonds. The van der Waals surface area contributed by atoms with Gasteiger partial charge in [0, 0.05) is 18.5 Å². The standard InChI is InChI=1S/C13H19N3O3/c1-9(19-3)13(18)16-11-6-4-5-10(7-11)15-12(17)8-14-2/h4-7,9,14H,8H2,1-3H3,(H,15,17)(H,16,18). The summed E-state index contributed by atoms with van der Waals surface area (Å²) in [5.41, 5.74) is 1.24. The van der Waals surface area contributed by atoms with Crippen LogP contribution >= 0.6 is 0 Å². The monoisotopic (exact) mass is 265 g/mol. The lowest BCUT2D eigenvalue weighted by Gasteiger charge is -2.11. The van der Waals surface area contributed by atoms with E-state index in [9.17, 15) is 9.59 Å². The molecule has 3 N–H and O–H groups in total. The summed E-state index contributed by atoms with van der Waals surface area (Å²) < 4.78 is 4.92. The van der Waals surface area contributed by atoms with Gasteiger partial charge in [0.25, 0.3) is 5.91 Å². The van der Waals surface area contributed by atoms with Crippen LogP contribution in [-0.2, 0) is 14.3 Å². The van der Waals surface area contributed by atoms with Crippen LogP contribution in [0.2, 0.25) is 0 Å². The van der Waals surface area contributed by atoms with E-state index in [2.05, 4.69) is 16.0 Å². The Morgan fingerprint density at radius 2 is 1.89 bits per heavy atom. The minimum absolute atomic E-state index is 0.142. The molecule has 1 aromatic carbocycles. The second-order valence-corrected chi connectivity index (χ2v) is 4.03. The molecule has 0 bridgehead atoms. The van der Waals surface area contributed by atoms with Gasteiger partial charge in [0.2, 0.25) is 5.91 Å². The lowest BCUT2D eigenvalue weighted by Crippen LogP contribution is -2.27. The fraction of sp³-hybridized carbons (Fsp3) is 0.385. The SMILES string of the molecule is CNCC(=O)Nc1cccc(NC(=O)C(C)OC)c1. The maximum absolute atomic E-state index is 11.6. The van der Waals surface area contributed by atoms with E-state index < -0.39 is 6.10 Å².